The number of hydrogen-bond acceptors (Lipinski definition) is 2. The second kappa shape index (κ2) is 6.20. The van der Waals surface area contributed by atoms with E-state index in [1.54, 1.807) is 18.2 Å². The molecule has 0 aliphatic heterocycles. The van der Waals surface area contributed by atoms with Gasteiger partial charge >= 0.3 is 0 Å². The largest absolute Gasteiger partial charge is 0.454 e. The van der Waals surface area contributed by atoms with Crippen molar-refractivity contribution in [3.05, 3.63) is 58.6 Å². The van der Waals surface area contributed by atoms with Gasteiger partial charge in [-0.2, -0.15) is 0 Å². The molecule has 2 N–H and O–H groups in total. The quantitative estimate of drug-likeness (QED) is 0.913. The van der Waals surface area contributed by atoms with E-state index in [-0.39, 0.29) is 11.8 Å². The lowest BCUT2D eigenvalue weighted by atomic mass is 10.1. The SMILES string of the molecule is CC(N)Cc1cc(Cl)ccc1Oc1ccc(F)cc1F. The zero-order valence-corrected chi connectivity index (χ0v) is 11.6. The lowest BCUT2D eigenvalue weighted by molar-refractivity contribution is 0.432. The van der Waals surface area contributed by atoms with E-state index in [2.05, 4.69) is 0 Å². The average Bonchev–Trinajstić information content (AvgIpc) is 2.34. The maximum Gasteiger partial charge on any atom is 0.168 e. The third kappa shape index (κ3) is 3.68. The van der Waals surface area contributed by atoms with E-state index < -0.39 is 11.6 Å². The van der Waals surface area contributed by atoms with Gasteiger partial charge in [0.1, 0.15) is 11.6 Å². The second-order valence-electron chi connectivity index (χ2n) is 4.61. The molecule has 2 aromatic carbocycles. The number of nitrogens with two attached hydrogens (primary N) is 1. The van der Waals surface area contributed by atoms with Gasteiger partial charge in [0.2, 0.25) is 0 Å². The highest BCUT2D eigenvalue weighted by molar-refractivity contribution is 6.30. The van der Waals surface area contributed by atoms with Gasteiger partial charge in [0.25, 0.3) is 0 Å². The fourth-order valence-electron chi connectivity index (χ4n) is 1.83. The molecule has 2 aromatic rings. The van der Waals surface area contributed by atoms with Crippen molar-refractivity contribution < 1.29 is 13.5 Å². The van der Waals surface area contributed by atoms with Crippen molar-refractivity contribution >= 4 is 11.6 Å². The van der Waals surface area contributed by atoms with Gasteiger partial charge in [0.05, 0.1) is 0 Å². The summed E-state index contributed by atoms with van der Waals surface area (Å²) in [6, 6.07) is 8.08. The summed E-state index contributed by atoms with van der Waals surface area (Å²) < 4.78 is 32.0. The molecule has 1 unspecified atom stereocenters. The van der Waals surface area contributed by atoms with Crippen LogP contribution in [0.25, 0.3) is 0 Å². The fourth-order valence-corrected chi connectivity index (χ4v) is 2.03. The molecule has 0 amide bonds. The van der Waals surface area contributed by atoms with Gasteiger partial charge in [0.15, 0.2) is 11.6 Å². The first-order valence-corrected chi connectivity index (χ1v) is 6.50. The van der Waals surface area contributed by atoms with Gasteiger partial charge in [-0.05, 0) is 49.2 Å². The van der Waals surface area contributed by atoms with E-state index in [1.165, 1.54) is 6.07 Å². The van der Waals surface area contributed by atoms with Gasteiger partial charge in [-0.1, -0.05) is 11.6 Å². The lowest BCUT2D eigenvalue weighted by Gasteiger charge is -2.13. The van der Waals surface area contributed by atoms with E-state index in [4.69, 9.17) is 22.1 Å². The van der Waals surface area contributed by atoms with Gasteiger partial charge in [0, 0.05) is 17.1 Å². The smallest absolute Gasteiger partial charge is 0.168 e. The van der Waals surface area contributed by atoms with E-state index in [1.807, 2.05) is 6.92 Å². The van der Waals surface area contributed by atoms with Crippen molar-refractivity contribution in [2.45, 2.75) is 19.4 Å². The zero-order chi connectivity index (χ0) is 14.7. The Labute approximate surface area is 121 Å². The lowest BCUT2D eigenvalue weighted by Crippen LogP contribution is -2.18. The summed E-state index contributed by atoms with van der Waals surface area (Å²) in [6.07, 6.45) is 0.540. The molecule has 0 radical (unpaired) electrons. The number of ether oxygens (including phenoxy) is 1. The normalized spacial score (nSPS) is 12.2. The van der Waals surface area contributed by atoms with E-state index in [0.29, 0.717) is 17.2 Å². The number of benzene rings is 2. The van der Waals surface area contributed by atoms with Crippen LogP contribution in [0, 0.1) is 11.6 Å². The summed E-state index contributed by atoms with van der Waals surface area (Å²) in [5.74, 6) is -0.995. The minimum Gasteiger partial charge on any atom is -0.454 e. The molecule has 0 saturated heterocycles. The molecule has 2 rings (SSSR count). The van der Waals surface area contributed by atoms with Crippen LogP contribution in [0.2, 0.25) is 5.02 Å². The summed E-state index contributed by atoms with van der Waals surface area (Å²) >= 11 is 5.94. The van der Waals surface area contributed by atoms with Gasteiger partial charge in [-0.3, -0.25) is 0 Å². The molecule has 0 fully saturated rings. The van der Waals surface area contributed by atoms with Crippen molar-refractivity contribution in [2.24, 2.45) is 5.73 Å². The zero-order valence-electron chi connectivity index (χ0n) is 10.9. The first-order chi connectivity index (χ1) is 9.45. The van der Waals surface area contributed by atoms with Crippen molar-refractivity contribution in [3.63, 3.8) is 0 Å². The maximum atomic E-state index is 13.6. The van der Waals surface area contributed by atoms with E-state index in [9.17, 15) is 8.78 Å². The Kier molecular flexibility index (Phi) is 4.57. The maximum absolute atomic E-state index is 13.6. The number of hydrogen-bond donors (Lipinski definition) is 1. The third-order valence-electron chi connectivity index (χ3n) is 2.68. The molecular weight excluding hydrogens is 284 g/mol. The van der Waals surface area contributed by atoms with Crippen molar-refractivity contribution in [1.29, 1.82) is 0 Å². The fraction of sp³-hybridized carbons (Fsp3) is 0.200. The Bertz CT molecular complexity index is 617. The van der Waals surface area contributed by atoms with Crippen LogP contribution < -0.4 is 10.5 Å². The molecule has 1 atom stereocenters. The number of rotatable bonds is 4. The molecule has 5 heteroatoms. The Morgan fingerprint density at radius 1 is 1.15 bits per heavy atom. The summed E-state index contributed by atoms with van der Waals surface area (Å²) in [6.45, 7) is 1.85. The Hall–Kier alpha value is -1.65. The van der Waals surface area contributed by atoms with Crippen LogP contribution in [0.4, 0.5) is 8.78 Å². The second-order valence-corrected chi connectivity index (χ2v) is 5.05. The molecule has 106 valence electrons. The Morgan fingerprint density at radius 3 is 2.50 bits per heavy atom. The predicted molar refractivity (Wildman–Crippen MR) is 75.2 cm³/mol. The van der Waals surface area contributed by atoms with Crippen LogP contribution in [-0.2, 0) is 6.42 Å². The summed E-state index contributed by atoms with van der Waals surface area (Å²) in [4.78, 5) is 0. The number of halogens is 3. The standard InChI is InChI=1S/C15H14ClF2NO/c1-9(19)6-10-7-11(16)2-4-14(10)20-15-5-3-12(17)8-13(15)18/h2-5,7-9H,6,19H2,1H3. The van der Waals surface area contributed by atoms with Crippen LogP contribution in [0.1, 0.15) is 12.5 Å². The van der Waals surface area contributed by atoms with Crippen molar-refractivity contribution in [2.75, 3.05) is 0 Å². The van der Waals surface area contributed by atoms with Crippen molar-refractivity contribution in [1.82, 2.24) is 0 Å². The summed E-state index contributed by atoms with van der Waals surface area (Å²) in [7, 11) is 0. The topological polar surface area (TPSA) is 35.2 Å². The Balaban J connectivity index is 2.32. The van der Waals surface area contributed by atoms with Crippen LogP contribution in [0.5, 0.6) is 11.5 Å². The molecule has 0 bridgehead atoms. The highest BCUT2D eigenvalue weighted by Gasteiger charge is 2.11. The first kappa shape index (κ1) is 14.8. The van der Waals surface area contributed by atoms with Crippen LogP contribution in [0.3, 0.4) is 0 Å². The minimum atomic E-state index is -0.758. The first-order valence-electron chi connectivity index (χ1n) is 6.12. The predicted octanol–water partition coefficient (Wildman–Crippen LogP) is 4.30. The van der Waals surface area contributed by atoms with Crippen molar-refractivity contribution in [3.8, 4) is 11.5 Å². The van der Waals surface area contributed by atoms with Gasteiger partial charge in [-0.15, -0.1) is 0 Å². The van der Waals surface area contributed by atoms with Crippen LogP contribution in [0.15, 0.2) is 36.4 Å². The molecular formula is C15H14ClF2NO. The molecule has 0 aliphatic rings. The van der Waals surface area contributed by atoms with Crippen LogP contribution in [-0.4, -0.2) is 6.04 Å². The Morgan fingerprint density at radius 2 is 1.85 bits per heavy atom. The molecule has 20 heavy (non-hydrogen) atoms. The minimum absolute atomic E-state index is 0.0420. The monoisotopic (exact) mass is 297 g/mol. The highest BCUT2D eigenvalue weighted by Crippen LogP contribution is 2.30. The van der Waals surface area contributed by atoms with E-state index >= 15 is 0 Å². The molecule has 0 aliphatic carbocycles. The third-order valence-corrected chi connectivity index (χ3v) is 2.91. The molecule has 0 aromatic heterocycles. The highest BCUT2D eigenvalue weighted by atomic mass is 35.5. The molecule has 0 spiro atoms. The molecule has 2 nitrogen and oxygen atoms in total. The summed E-state index contributed by atoms with van der Waals surface area (Å²) in [5, 5.41) is 0.549. The average molecular weight is 298 g/mol. The van der Waals surface area contributed by atoms with Gasteiger partial charge < -0.3 is 10.5 Å². The van der Waals surface area contributed by atoms with Gasteiger partial charge in [-0.25, -0.2) is 8.78 Å². The molecule has 0 saturated carbocycles. The van der Waals surface area contributed by atoms with E-state index in [0.717, 1.165) is 17.7 Å². The van der Waals surface area contributed by atoms with Crippen LogP contribution >= 0.6 is 11.6 Å². The summed E-state index contributed by atoms with van der Waals surface area (Å²) in [5.41, 5.74) is 6.54. The molecule has 0 heterocycles.